The first-order chi connectivity index (χ1) is 13.0. The van der Waals surface area contributed by atoms with Gasteiger partial charge in [-0.3, -0.25) is 15.0 Å². The zero-order valence-electron chi connectivity index (χ0n) is 15.9. The van der Waals surface area contributed by atoms with Crippen LogP contribution in [-0.4, -0.2) is 55.1 Å². The Morgan fingerprint density at radius 3 is 2.41 bits per heavy atom. The summed E-state index contributed by atoms with van der Waals surface area (Å²) in [6.07, 6.45) is 5.52. The van der Waals surface area contributed by atoms with Crippen molar-refractivity contribution in [3.8, 4) is 0 Å². The molecule has 148 valence electrons. The van der Waals surface area contributed by atoms with Crippen molar-refractivity contribution in [3.63, 3.8) is 0 Å². The molecule has 1 aliphatic carbocycles. The van der Waals surface area contributed by atoms with Crippen molar-refractivity contribution in [3.05, 3.63) is 29.3 Å². The molecule has 27 heavy (non-hydrogen) atoms. The van der Waals surface area contributed by atoms with Crippen LogP contribution in [0.3, 0.4) is 0 Å². The summed E-state index contributed by atoms with van der Waals surface area (Å²) < 4.78 is 0. The fourth-order valence-corrected chi connectivity index (χ4v) is 4.16. The van der Waals surface area contributed by atoms with Crippen molar-refractivity contribution in [2.45, 2.75) is 51.1 Å². The number of hydrogen-bond acceptors (Lipinski definition) is 4. The highest BCUT2D eigenvalue weighted by Crippen LogP contribution is 2.26. The molecule has 7 heteroatoms. The van der Waals surface area contributed by atoms with E-state index in [4.69, 9.17) is 11.6 Å². The monoisotopic (exact) mass is 392 g/mol. The van der Waals surface area contributed by atoms with E-state index in [9.17, 15) is 9.59 Å². The summed E-state index contributed by atoms with van der Waals surface area (Å²) in [7, 11) is 0. The summed E-state index contributed by atoms with van der Waals surface area (Å²) in [5.74, 6) is -0.241. The van der Waals surface area contributed by atoms with Gasteiger partial charge in [-0.1, -0.05) is 43.0 Å². The second kappa shape index (κ2) is 9.42. The minimum Gasteiger partial charge on any atom is -0.368 e. The predicted molar refractivity (Wildman–Crippen MR) is 108 cm³/mol. The zero-order valence-corrected chi connectivity index (χ0v) is 16.7. The molecule has 2 fully saturated rings. The molecular weight excluding hydrogens is 364 g/mol. The van der Waals surface area contributed by atoms with Gasteiger partial charge in [-0.05, 0) is 31.9 Å². The van der Waals surface area contributed by atoms with Crippen LogP contribution in [-0.2, 0) is 4.79 Å². The molecule has 0 radical (unpaired) electrons. The van der Waals surface area contributed by atoms with E-state index >= 15 is 0 Å². The van der Waals surface area contributed by atoms with Gasteiger partial charge in [0.25, 0.3) is 0 Å². The molecule has 2 aliphatic rings. The van der Waals surface area contributed by atoms with E-state index in [2.05, 4.69) is 20.4 Å². The van der Waals surface area contributed by atoms with Crippen molar-refractivity contribution in [2.75, 3.05) is 31.1 Å². The number of nitrogens with one attached hydrogen (secondary N) is 2. The van der Waals surface area contributed by atoms with Crippen LogP contribution in [0.25, 0.3) is 0 Å². The summed E-state index contributed by atoms with van der Waals surface area (Å²) in [5, 5.41) is 6.19. The van der Waals surface area contributed by atoms with Crippen molar-refractivity contribution < 1.29 is 9.59 Å². The van der Waals surface area contributed by atoms with Crippen molar-refractivity contribution in [2.24, 2.45) is 0 Å². The number of amides is 3. The van der Waals surface area contributed by atoms with Gasteiger partial charge in [-0.25, -0.2) is 4.79 Å². The van der Waals surface area contributed by atoms with E-state index in [0.29, 0.717) is 0 Å². The highest BCUT2D eigenvalue weighted by atomic mass is 35.5. The molecule has 1 aliphatic heterocycles. The maximum absolute atomic E-state index is 12.5. The second-order valence-corrected chi connectivity index (χ2v) is 7.86. The number of halogens is 1. The number of carbonyl (C=O) groups excluding carboxylic acids is 2. The third kappa shape index (κ3) is 5.36. The Bertz CT molecular complexity index is 655. The third-order valence-electron chi connectivity index (χ3n) is 5.61. The van der Waals surface area contributed by atoms with E-state index in [-0.39, 0.29) is 24.0 Å². The minimum absolute atomic E-state index is 0.195. The fraction of sp³-hybridized carbons (Fsp3) is 0.600. The van der Waals surface area contributed by atoms with Crippen LogP contribution >= 0.6 is 11.6 Å². The molecule has 1 aromatic carbocycles. The number of piperazine rings is 1. The normalized spacial score (nSPS) is 20.1. The van der Waals surface area contributed by atoms with Crippen LogP contribution in [0.5, 0.6) is 0 Å². The summed E-state index contributed by atoms with van der Waals surface area (Å²) in [4.78, 5) is 28.9. The average molecular weight is 393 g/mol. The molecule has 0 spiro atoms. The zero-order chi connectivity index (χ0) is 19.2. The van der Waals surface area contributed by atoms with Gasteiger partial charge in [0, 0.05) is 32.2 Å². The van der Waals surface area contributed by atoms with E-state index in [1.54, 1.807) is 0 Å². The van der Waals surface area contributed by atoms with Gasteiger partial charge in [0.2, 0.25) is 5.91 Å². The van der Waals surface area contributed by atoms with E-state index in [0.717, 1.165) is 62.6 Å². The lowest BCUT2D eigenvalue weighted by molar-refractivity contribution is -0.124. The summed E-state index contributed by atoms with van der Waals surface area (Å²) in [5.41, 5.74) is 1.03. The second-order valence-electron chi connectivity index (χ2n) is 7.45. The number of urea groups is 1. The topological polar surface area (TPSA) is 64.7 Å². The Labute approximate surface area is 166 Å². The quantitative estimate of drug-likeness (QED) is 0.826. The Hall–Kier alpha value is -1.79. The lowest BCUT2D eigenvalue weighted by atomic mass is 9.96. The molecule has 1 saturated carbocycles. The number of carbonyl (C=O) groups is 2. The molecule has 0 unspecified atom stereocenters. The van der Waals surface area contributed by atoms with Gasteiger partial charge in [0.15, 0.2) is 0 Å². The number of benzene rings is 1. The van der Waals surface area contributed by atoms with Crippen LogP contribution < -0.4 is 15.5 Å². The molecule has 3 rings (SSSR count). The summed E-state index contributed by atoms with van der Waals surface area (Å²) >= 11 is 6.28. The molecule has 1 heterocycles. The smallest absolute Gasteiger partial charge is 0.321 e. The molecule has 6 nitrogen and oxygen atoms in total. The fourth-order valence-electron chi connectivity index (χ4n) is 3.91. The minimum atomic E-state index is -0.367. The first-order valence-corrected chi connectivity index (χ1v) is 10.3. The van der Waals surface area contributed by atoms with Crippen LogP contribution in [0.15, 0.2) is 24.3 Å². The number of nitrogens with zero attached hydrogens (tertiary/aromatic N) is 2. The molecule has 1 atom stereocenters. The summed E-state index contributed by atoms with van der Waals surface area (Å²) in [6.45, 7) is 4.97. The highest BCUT2D eigenvalue weighted by Gasteiger charge is 2.27. The maximum atomic E-state index is 12.5. The standard InChI is InChI=1S/C20H29ClN4O2/c1-15(19(26)23-20(27)22-16-7-3-2-4-8-16)24-11-13-25(14-12-24)18-10-6-5-9-17(18)21/h5-6,9-10,15-16H,2-4,7-8,11-14H2,1H3,(H2,22,23,26,27)/t15-/m1/s1. The van der Waals surface area contributed by atoms with Crippen molar-refractivity contribution in [1.29, 1.82) is 0 Å². The van der Waals surface area contributed by atoms with Gasteiger partial charge >= 0.3 is 6.03 Å². The van der Waals surface area contributed by atoms with E-state index in [1.807, 2.05) is 31.2 Å². The van der Waals surface area contributed by atoms with Gasteiger partial charge in [-0.2, -0.15) is 0 Å². The number of para-hydroxylation sites is 1. The van der Waals surface area contributed by atoms with Crippen molar-refractivity contribution in [1.82, 2.24) is 15.5 Å². The average Bonchev–Trinajstić information content (AvgIpc) is 2.68. The number of hydrogen-bond donors (Lipinski definition) is 2. The largest absolute Gasteiger partial charge is 0.368 e. The number of imide groups is 1. The van der Waals surface area contributed by atoms with Gasteiger partial charge in [0.05, 0.1) is 16.8 Å². The Kier molecular flexibility index (Phi) is 6.96. The van der Waals surface area contributed by atoms with Crippen LogP contribution in [0, 0.1) is 0 Å². The summed E-state index contributed by atoms with van der Waals surface area (Å²) in [6, 6.07) is 7.31. The van der Waals surface area contributed by atoms with Crippen LogP contribution in [0.4, 0.5) is 10.5 Å². The number of anilines is 1. The maximum Gasteiger partial charge on any atom is 0.321 e. The molecule has 1 saturated heterocycles. The van der Waals surface area contributed by atoms with E-state index in [1.165, 1.54) is 6.42 Å². The highest BCUT2D eigenvalue weighted by molar-refractivity contribution is 6.33. The number of rotatable bonds is 4. The Morgan fingerprint density at radius 1 is 1.07 bits per heavy atom. The van der Waals surface area contributed by atoms with Gasteiger partial charge < -0.3 is 10.2 Å². The Balaban J connectivity index is 1.45. The van der Waals surface area contributed by atoms with Crippen LogP contribution in [0.2, 0.25) is 5.02 Å². The predicted octanol–water partition coefficient (Wildman–Crippen LogP) is 3.01. The molecule has 2 N–H and O–H groups in total. The molecule has 3 amide bonds. The lowest BCUT2D eigenvalue weighted by Crippen LogP contribution is -2.56. The molecule has 0 bridgehead atoms. The van der Waals surface area contributed by atoms with Gasteiger partial charge in [0.1, 0.15) is 0 Å². The lowest BCUT2D eigenvalue weighted by Gasteiger charge is -2.38. The third-order valence-corrected chi connectivity index (χ3v) is 5.93. The molecular formula is C20H29ClN4O2. The molecule has 1 aromatic rings. The van der Waals surface area contributed by atoms with E-state index < -0.39 is 0 Å². The first-order valence-electron chi connectivity index (χ1n) is 9.89. The van der Waals surface area contributed by atoms with Crippen LogP contribution in [0.1, 0.15) is 39.0 Å². The SMILES string of the molecule is C[C@H](C(=O)NC(=O)NC1CCCCC1)N1CCN(c2ccccc2Cl)CC1. The molecule has 0 aromatic heterocycles. The van der Waals surface area contributed by atoms with Crippen molar-refractivity contribution >= 4 is 29.2 Å². The Morgan fingerprint density at radius 2 is 1.74 bits per heavy atom. The first kappa shape index (κ1) is 20.0. The van der Waals surface area contributed by atoms with Gasteiger partial charge in [-0.15, -0.1) is 0 Å².